The first-order valence-electron chi connectivity index (χ1n) is 7.33. The molecule has 0 fully saturated rings. The second-order valence-electron chi connectivity index (χ2n) is 4.89. The number of hydrogen-bond donors (Lipinski definition) is 0. The van der Waals surface area contributed by atoms with E-state index in [1.54, 1.807) is 23.5 Å². The topological polar surface area (TPSA) is 69.6 Å². The van der Waals surface area contributed by atoms with Crippen molar-refractivity contribution in [2.24, 2.45) is 0 Å². The van der Waals surface area contributed by atoms with Crippen LogP contribution in [-0.4, -0.2) is 31.2 Å². The molecule has 0 spiro atoms. The van der Waals surface area contributed by atoms with Crippen LogP contribution in [0.15, 0.2) is 33.9 Å². The zero-order valence-electron chi connectivity index (χ0n) is 13.3. The first kappa shape index (κ1) is 17.3. The van der Waals surface area contributed by atoms with E-state index in [0.717, 1.165) is 28.8 Å². The number of benzene rings is 1. The van der Waals surface area contributed by atoms with Crippen LogP contribution in [0.1, 0.15) is 18.6 Å². The molecule has 3 aromatic rings. The fourth-order valence-electron chi connectivity index (χ4n) is 2.16. The number of nitrogens with zero attached hydrogens (tertiary/aromatic N) is 5. The van der Waals surface area contributed by atoms with Crippen LogP contribution in [0.3, 0.4) is 0 Å². The molecule has 1 aromatic carbocycles. The third-order valence-electron chi connectivity index (χ3n) is 3.26. The maximum atomic E-state index is 5.99. The Morgan fingerprint density at radius 2 is 2.12 bits per heavy atom. The molecule has 0 unspecified atom stereocenters. The van der Waals surface area contributed by atoms with Gasteiger partial charge in [0, 0.05) is 17.1 Å². The fourth-order valence-corrected chi connectivity index (χ4v) is 3.68. The van der Waals surface area contributed by atoms with Gasteiger partial charge in [-0.2, -0.15) is 16.7 Å². The first-order valence-corrected chi connectivity index (χ1v) is 10.1. The summed E-state index contributed by atoms with van der Waals surface area (Å²) in [5.41, 5.74) is 0.835. The Morgan fingerprint density at radius 3 is 2.88 bits per heavy atom. The molecule has 0 aliphatic carbocycles. The lowest BCUT2D eigenvalue weighted by molar-refractivity contribution is 0.391. The highest BCUT2D eigenvalue weighted by Crippen LogP contribution is 2.25. The summed E-state index contributed by atoms with van der Waals surface area (Å²) in [5.74, 6) is 3.46. The average molecular weight is 382 g/mol. The Hall–Kier alpha value is -1.51. The number of hydrogen-bond acceptors (Lipinski definition) is 7. The Balaban J connectivity index is 1.70. The summed E-state index contributed by atoms with van der Waals surface area (Å²) in [7, 11) is 0. The van der Waals surface area contributed by atoms with Crippen LogP contribution in [0.4, 0.5) is 0 Å². The molecule has 126 valence electrons. The van der Waals surface area contributed by atoms with Crippen LogP contribution >= 0.6 is 35.1 Å². The van der Waals surface area contributed by atoms with Crippen LogP contribution < -0.4 is 0 Å². The molecule has 6 nitrogen and oxygen atoms in total. The van der Waals surface area contributed by atoms with Crippen LogP contribution in [0, 0.1) is 0 Å². The highest BCUT2D eigenvalue weighted by Gasteiger charge is 2.14. The van der Waals surface area contributed by atoms with Gasteiger partial charge in [0.2, 0.25) is 11.7 Å². The highest BCUT2D eigenvalue weighted by molar-refractivity contribution is 7.98. The van der Waals surface area contributed by atoms with Crippen LogP contribution in [0.5, 0.6) is 0 Å². The van der Waals surface area contributed by atoms with Gasteiger partial charge in [-0.3, -0.25) is 0 Å². The van der Waals surface area contributed by atoms with Gasteiger partial charge in [-0.15, -0.1) is 10.2 Å². The summed E-state index contributed by atoms with van der Waals surface area (Å²) in [6.07, 6.45) is 2.05. The van der Waals surface area contributed by atoms with Gasteiger partial charge < -0.3 is 9.09 Å². The van der Waals surface area contributed by atoms with Gasteiger partial charge in [0.05, 0.1) is 11.5 Å². The smallest absolute Gasteiger partial charge is 0.237 e. The quantitative estimate of drug-likeness (QED) is 0.569. The summed E-state index contributed by atoms with van der Waals surface area (Å²) in [4.78, 5) is 4.42. The first-order chi connectivity index (χ1) is 11.7. The molecule has 2 heterocycles. The van der Waals surface area contributed by atoms with E-state index in [9.17, 15) is 0 Å². The van der Waals surface area contributed by atoms with Crippen molar-refractivity contribution in [1.29, 1.82) is 0 Å². The standard InChI is InChI=1S/C15H16ClN5OS2/c1-3-21-12(8-23-2)18-19-15(21)24-9-13-17-14(20-22-13)10-5-4-6-11(16)7-10/h4-7H,3,8-9H2,1-2H3. The van der Waals surface area contributed by atoms with E-state index in [-0.39, 0.29) is 0 Å². The molecule has 0 N–H and O–H groups in total. The minimum atomic E-state index is 0.535. The minimum Gasteiger partial charge on any atom is -0.338 e. The Bertz CT molecular complexity index is 820. The zero-order valence-corrected chi connectivity index (χ0v) is 15.7. The fraction of sp³-hybridized carbons (Fsp3) is 0.333. The normalized spacial score (nSPS) is 11.1. The van der Waals surface area contributed by atoms with Crippen LogP contribution in [0.25, 0.3) is 11.4 Å². The van der Waals surface area contributed by atoms with Crippen molar-refractivity contribution in [3.05, 3.63) is 41.0 Å². The SMILES string of the molecule is CCn1c(CSC)nnc1SCc1nc(-c2cccc(Cl)c2)no1. The van der Waals surface area contributed by atoms with Crippen molar-refractivity contribution in [3.63, 3.8) is 0 Å². The summed E-state index contributed by atoms with van der Waals surface area (Å²) in [6.45, 7) is 2.92. The largest absolute Gasteiger partial charge is 0.338 e. The number of rotatable bonds is 7. The second-order valence-corrected chi connectivity index (χ2v) is 7.13. The maximum absolute atomic E-state index is 5.99. The van der Waals surface area contributed by atoms with Gasteiger partial charge in [-0.05, 0) is 25.3 Å². The van der Waals surface area contributed by atoms with Crippen molar-refractivity contribution >= 4 is 35.1 Å². The molecule has 0 saturated carbocycles. The molecule has 0 aliphatic rings. The monoisotopic (exact) mass is 381 g/mol. The number of halogens is 1. The van der Waals surface area contributed by atoms with Crippen molar-refractivity contribution < 1.29 is 4.52 Å². The second kappa shape index (κ2) is 8.04. The lowest BCUT2D eigenvalue weighted by Crippen LogP contribution is -2.02. The summed E-state index contributed by atoms with van der Waals surface area (Å²) >= 11 is 9.26. The predicted molar refractivity (Wildman–Crippen MR) is 97.2 cm³/mol. The van der Waals surface area contributed by atoms with E-state index in [2.05, 4.69) is 38.1 Å². The minimum absolute atomic E-state index is 0.535. The molecule has 2 aromatic heterocycles. The van der Waals surface area contributed by atoms with E-state index in [1.807, 2.05) is 24.3 Å². The van der Waals surface area contributed by atoms with Crippen molar-refractivity contribution in [3.8, 4) is 11.4 Å². The summed E-state index contributed by atoms with van der Waals surface area (Å²) in [5, 5.41) is 14.0. The maximum Gasteiger partial charge on any atom is 0.237 e. The Labute approximate surface area is 153 Å². The van der Waals surface area contributed by atoms with Crippen molar-refractivity contribution in [2.45, 2.75) is 30.1 Å². The molecule has 0 amide bonds. The van der Waals surface area contributed by atoms with E-state index in [0.29, 0.717) is 22.5 Å². The molecule has 0 radical (unpaired) electrons. The third kappa shape index (κ3) is 3.93. The summed E-state index contributed by atoms with van der Waals surface area (Å²) < 4.78 is 7.43. The van der Waals surface area contributed by atoms with Crippen molar-refractivity contribution in [1.82, 2.24) is 24.9 Å². The molecular weight excluding hydrogens is 366 g/mol. The lowest BCUT2D eigenvalue weighted by Gasteiger charge is -2.04. The van der Waals surface area contributed by atoms with Gasteiger partial charge in [-0.25, -0.2) is 0 Å². The Kier molecular flexibility index (Phi) is 5.80. The molecule has 9 heteroatoms. The molecule has 0 atom stereocenters. The van der Waals surface area contributed by atoms with Gasteiger partial charge in [0.25, 0.3) is 0 Å². The van der Waals surface area contributed by atoms with Crippen LogP contribution in [-0.2, 0) is 18.1 Å². The van der Waals surface area contributed by atoms with E-state index >= 15 is 0 Å². The van der Waals surface area contributed by atoms with Crippen LogP contribution in [0.2, 0.25) is 5.02 Å². The van der Waals surface area contributed by atoms with E-state index < -0.39 is 0 Å². The third-order valence-corrected chi connectivity index (χ3v) is 4.99. The molecular formula is C15H16ClN5OS2. The molecule has 3 rings (SSSR count). The predicted octanol–water partition coefficient (Wildman–Crippen LogP) is 4.16. The highest BCUT2D eigenvalue weighted by atomic mass is 35.5. The lowest BCUT2D eigenvalue weighted by atomic mass is 10.2. The van der Waals surface area contributed by atoms with E-state index in [1.165, 1.54) is 0 Å². The Morgan fingerprint density at radius 1 is 1.25 bits per heavy atom. The number of aromatic nitrogens is 5. The average Bonchev–Trinajstić information content (AvgIpc) is 3.20. The van der Waals surface area contributed by atoms with Gasteiger partial charge in [0.1, 0.15) is 5.82 Å². The molecule has 0 aliphatic heterocycles. The van der Waals surface area contributed by atoms with E-state index in [4.69, 9.17) is 16.1 Å². The number of thioether (sulfide) groups is 2. The molecule has 24 heavy (non-hydrogen) atoms. The van der Waals surface area contributed by atoms with Gasteiger partial charge in [-0.1, -0.05) is 40.7 Å². The molecule has 0 bridgehead atoms. The van der Waals surface area contributed by atoms with Gasteiger partial charge >= 0.3 is 0 Å². The zero-order chi connectivity index (χ0) is 16.9. The summed E-state index contributed by atoms with van der Waals surface area (Å²) in [6, 6.07) is 7.38. The van der Waals surface area contributed by atoms with Crippen molar-refractivity contribution in [2.75, 3.05) is 6.26 Å². The van der Waals surface area contributed by atoms with Gasteiger partial charge in [0.15, 0.2) is 5.16 Å². The molecule has 0 saturated heterocycles.